The molecule has 0 aromatic heterocycles. The van der Waals surface area contributed by atoms with Gasteiger partial charge in [0.05, 0.1) is 5.56 Å². The molecule has 2 unspecified atom stereocenters. The molecule has 2 aromatic carbocycles. The van der Waals surface area contributed by atoms with E-state index in [2.05, 4.69) is 20.8 Å². The summed E-state index contributed by atoms with van der Waals surface area (Å²) in [6.45, 7) is 6.70. The highest BCUT2D eigenvalue weighted by atomic mass is 17.2. The quantitative estimate of drug-likeness (QED) is 0.533. The maximum atomic E-state index is 12.2. The fourth-order valence-electron chi connectivity index (χ4n) is 3.92. The van der Waals surface area contributed by atoms with E-state index in [1.54, 1.807) is 12.1 Å². The van der Waals surface area contributed by atoms with Gasteiger partial charge in [-0.25, -0.2) is 4.79 Å². The van der Waals surface area contributed by atoms with Crippen LogP contribution < -0.4 is 0 Å². The number of hydrogen-bond acceptors (Lipinski definition) is 3. The predicted octanol–water partition coefficient (Wildman–Crippen LogP) is 5.66. The molecule has 0 heterocycles. The van der Waals surface area contributed by atoms with E-state index in [0.29, 0.717) is 11.5 Å². The predicted molar refractivity (Wildman–Crippen MR) is 99.0 cm³/mol. The molecule has 0 aliphatic heterocycles. The first-order valence-electron chi connectivity index (χ1n) is 8.96. The van der Waals surface area contributed by atoms with Crippen molar-refractivity contribution in [1.29, 1.82) is 0 Å². The first-order valence-corrected chi connectivity index (χ1v) is 8.96. The van der Waals surface area contributed by atoms with Crippen molar-refractivity contribution >= 4 is 5.97 Å². The van der Waals surface area contributed by atoms with Gasteiger partial charge in [0, 0.05) is 0 Å². The Labute approximate surface area is 149 Å². The molecule has 3 nitrogen and oxygen atoms in total. The van der Waals surface area contributed by atoms with E-state index in [1.807, 2.05) is 42.5 Å². The van der Waals surface area contributed by atoms with Crippen molar-refractivity contribution in [2.24, 2.45) is 11.3 Å². The summed E-state index contributed by atoms with van der Waals surface area (Å²) in [5.41, 5.74) is 2.92. The number of benzene rings is 2. The van der Waals surface area contributed by atoms with Gasteiger partial charge in [0.25, 0.3) is 0 Å². The molecule has 25 heavy (non-hydrogen) atoms. The minimum Gasteiger partial charge on any atom is -0.293 e. The van der Waals surface area contributed by atoms with Gasteiger partial charge in [-0.15, -0.1) is 0 Å². The molecule has 2 aromatic rings. The first kappa shape index (κ1) is 17.7. The van der Waals surface area contributed by atoms with Crippen LogP contribution in [0.3, 0.4) is 0 Å². The molecule has 1 fully saturated rings. The van der Waals surface area contributed by atoms with E-state index >= 15 is 0 Å². The Bertz CT molecular complexity index is 704. The topological polar surface area (TPSA) is 35.5 Å². The Morgan fingerprint density at radius 1 is 0.960 bits per heavy atom. The Kier molecular flexibility index (Phi) is 5.24. The molecule has 0 radical (unpaired) electrons. The number of hydrogen-bond donors (Lipinski definition) is 0. The SMILES string of the molecule is CC1CC(OOC(=O)c2ccc(-c3ccccc3)cc2)CC(C)(C)C1. The van der Waals surface area contributed by atoms with Crippen LogP contribution >= 0.6 is 0 Å². The Balaban J connectivity index is 1.58. The maximum Gasteiger partial charge on any atom is 0.373 e. The van der Waals surface area contributed by atoms with Gasteiger partial charge in [-0.1, -0.05) is 63.2 Å². The van der Waals surface area contributed by atoms with Crippen molar-refractivity contribution < 1.29 is 14.6 Å². The van der Waals surface area contributed by atoms with Gasteiger partial charge in [0.15, 0.2) is 0 Å². The molecule has 132 valence electrons. The Morgan fingerprint density at radius 3 is 2.24 bits per heavy atom. The van der Waals surface area contributed by atoms with Crippen LogP contribution in [0.4, 0.5) is 0 Å². The highest BCUT2D eigenvalue weighted by Crippen LogP contribution is 2.39. The minimum atomic E-state index is -0.435. The van der Waals surface area contributed by atoms with Crippen LogP contribution in [0.15, 0.2) is 54.6 Å². The third-order valence-corrected chi connectivity index (χ3v) is 4.83. The second-order valence-electron chi connectivity index (χ2n) is 7.95. The van der Waals surface area contributed by atoms with E-state index in [9.17, 15) is 4.79 Å². The van der Waals surface area contributed by atoms with Gasteiger partial charge < -0.3 is 0 Å². The standard InChI is InChI=1S/C22H26O3/c1-16-13-20(15-22(2,3)14-16)24-25-21(23)19-11-9-18(10-12-19)17-7-5-4-6-8-17/h4-12,16,20H,13-15H2,1-3H3. The smallest absolute Gasteiger partial charge is 0.293 e. The minimum absolute atomic E-state index is 0.0220. The largest absolute Gasteiger partial charge is 0.373 e. The molecular formula is C22H26O3. The van der Waals surface area contributed by atoms with Crippen LogP contribution in [0.1, 0.15) is 50.4 Å². The lowest BCUT2D eigenvalue weighted by atomic mass is 9.71. The molecule has 0 saturated heterocycles. The highest BCUT2D eigenvalue weighted by molar-refractivity contribution is 5.89. The summed E-state index contributed by atoms with van der Waals surface area (Å²) in [4.78, 5) is 22.8. The average Bonchev–Trinajstić information content (AvgIpc) is 2.59. The monoisotopic (exact) mass is 338 g/mol. The van der Waals surface area contributed by atoms with Gasteiger partial charge in [0.1, 0.15) is 6.10 Å². The summed E-state index contributed by atoms with van der Waals surface area (Å²) in [6.07, 6.45) is 3.01. The summed E-state index contributed by atoms with van der Waals surface area (Å²) in [7, 11) is 0. The fourth-order valence-corrected chi connectivity index (χ4v) is 3.92. The van der Waals surface area contributed by atoms with E-state index in [1.165, 1.54) is 6.42 Å². The van der Waals surface area contributed by atoms with Gasteiger partial charge in [0.2, 0.25) is 0 Å². The normalized spacial score (nSPS) is 22.4. The van der Waals surface area contributed by atoms with Crippen molar-refractivity contribution in [1.82, 2.24) is 0 Å². The van der Waals surface area contributed by atoms with E-state index < -0.39 is 5.97 Å². The zero-order valence-electron chi connectivity index (χ0n) is 15.2. The zero-order valence-corrected chi connectivity index (χ0v) is 15.2. The summed E-state index contributed by atoms with van der Waals surface area (Å²) >= 11 is 0. The lowest BCUT2D eigenvalue weighted by Gasteiger charge is -2.37. The van der Waals surface area contributed by atoms with Crippen LogP contribution in [0.2, 0.25) is 0 Å². The lowest BCUT2D eigenvalue weighted by molar-refractivity contribution is -0.287. The van der Waals surface area contributed by atoms with Crippen molar-refractivity contribution in [3.8, 4) is 11.1 Å². The lowest BCUT2D eigenvalue weighted by Crippen LogP contribution is -2.33. The van der Waals surface area contributed by atoms with Crippen molar-refractivity contribution in [3.05, 3.63) is 60.2 Å². The third-order valence-electron chi connectivity index (χ3n) is 4.83. The van der Waals surface area contributed by atoms with E-state index in [4.69, 9.17) is 9.78 Å². The average molecular weight is 338 g/mol. The van der Waals surface area contributed by atoms with Gasteiger partial charge in [-0.05, 0) is 53.9 Å². The zero-order chi connectivity index (χ0) is 17.9. The van der Waals surface area contributed by atoms with Crippen LogP contribution in [-0.2, 0) is 9.78 Å². The first-order chi connectivity index (χ1) is 11.9. The van der Waals surface area contributed by atoms with Crippen LogP contribution in [0.5, 0.6) is 0 Å². The van der Waals surface area contributed by atoms with Crippen molar-refractivity contribution in [3.63, 3.8) is 0 Å². The molecule has 1 saturated carbocycles. The van der Waals surface area contributed by atoms with Gasteiger partial charge in [-0.2, -0.15) is 4.89 Å². The molecule has 0 N–H and O–H groups in total. The van der Waals surface area contributed by atoms with Gasteiger partial charge >= 0.3 is 5.97 Å². The van der Waals surface area contributed by atoms with Crippen LogP contribution in [0.25, 0.3) is 11.1 Å². The van der Waals surface area contributed by atoms with E-state index in [-0.39, 0.29) is 11.5 Å². The maximum absolute atomic E-state index is 12.2. The van der Waals surface area contributed by atoms with Crippen molar-refractivity contribution in [2.75, 3.05) is 0 Å². The summed E-state index contributed by atoms with van der Waals surface area (Å²) < 4.78 is 0. The fraction of sp³-hybridized carbons (Fsp3) is 0.409. The third kappa shape index (κ3) is 4.70. The highest BCUT2D eigenvalue weighted by Gasteiger charge is 2.33. The summed E-state index contributed by atoms with van der Waals surface area (Å²) in [5.74, 6) is 0.147. The van der Waals surface area contributed by atoms with Crippen LogP contribution in [-0.4, -0.2) is 12.1 Å². The molecule has 1 aliphatic carbocycles. The second kappa shape index (κ2) is 7.40. The Hall–Kier alpha value is -2.13. The summed E-state index contributed by atoms with van der Waals surface area (Å²) in [6, 6.07) is 17.5. The number of carbonyl (C=O) groups excluding carboxylic acids is 1. The van der Waals surface area contributed by atoms with Crippen LogP contribution in [0, 0.1) is 11.3 Å². The number of rotatable bonds is 4. The molecule has 2 atom stereocenters. The molecule has 1 aliphatic rings. The molecule has 3 rings (SSSR count). The molecule has 0 amide bonds. The Morgan fingerprint density at radius 2 is 1.60 bits per heavy atom. The second-order valence-corrected chi connectivity index (χ2v) is 7.95. The van der Waals surface area contributed by atoms with Gasteiger partial charge in [-0.3, -0.25) is 4.89 Å². The molecular weight excluding hydrogens is 312 g/mol. The molecule has 3 heteroatoms. The number of carbonyl (C=O) groups is 1. The molecule has 0 bridgehead atoms. The summed E-state index contributed by atoms with van der Waals surface area (Å²) in [5, 5.41) is 0. The van der Waals surface area contributed by atoms with Crippen molar-refractivity contribution in [2.45, 2.75) is 46.1 Å². The van der Waals surface area contributed by atoms with E-state index in [0.717, 1.165) is 24.0 Å². The molecule has 0 spiro atoms.